The van der Waals surface area contributed by atoms with E-state index in [0.717, 1.165) is 0 Å². The van der Waals surface area contributed by atoms with Crippen LogP contribution in [0.2, 0.25) is 0 Å². The van der Waals surface area contributed by atoms with E-state index < -0.39 is 0 Å². The van der Waals surface area contributed by atoms with Crippen molar-refractivity contribution in [3.8, 4) is 22.5 Å². The van der Waals surface area contributed by atoms with Gasteiger partial charge in [-0.25, -0.2) is 0 Å². The van der Waals surface area contributed by atoms with Gasteiger partial charge < -0.3 is 24.0 Å². The van der Waals surface area contributed by atoms with Crippen LogP contribution in [0.15, 0.2) is 79.1 Å². The molecule has 2 nitrogen and oxygen atoms in total. The lowest BCUT2D eigenvalue weighted by Crippen LogP contribution is -3.00. The summed E-state index contributed by atoms with van der Waals surface area (Å²) < 4.78 is 4.86. The topological polar surface area (TPSA) is 8.81 Å². The third-order valence-electron chi connectivity index (χ3n) is 7.01. The van der Waals surface area contributed by atoms with Gasteiger partial charge in [-0.05, 0) is 40.4 Å². The summed E-state index contributed by atoms with van der Waals surface area (Å²) in [5.74, 6) is 1.68. The summed E-state index contributed by atoms with van der Waals surface area (Å²) in [5, 5.41) is 0. The van der Waals surface area contributed by atoms with Gasteiger partial charge in [-0.1, -0.05) is 127 Å². The van der Waals surface area contributed by atoms with Crippen molar-refractivity contribution in [1.29, 1.82) is 0 Å². The number of hydrogen-bond donors (Lipinski definition) is 0. The van der Waals surface area contributed by atoms with Crippen LogP contribution in [0.3, 0.4) is 0 Å². The Labute approximate surface area is 306 Å². The maximum atomic E-state index is 2.43. The zero-order valence-electron chi connectivity index (χ0n) is 24.6. The Bertz CT molecular complexity index is 1180. The van der Waals surface area contributed by atoms with Crippen molar-refractivity contribution in [3.63, 3.8) is 0 Å². The minimum atomic E-state index is 0. The number of halogens is 5. The van der Waals surface area contributed by atoms with Gasteiger partial charge in [0.1, 0.15) is 5.69 Å². The van der Waals surface area contributed by atoms with Crippen LogP contribution in [0.25, 0.3) is 22.5 Å². The molecule has 0 fully saturated rings. The zero-order chi connectivity index (χ0) is 29.3. The molecule has 0 aliphatic rings. The average molecular weight is 1100 g/mol. The molecular formula is C33H41I5N2. The average Bonchev–Trinajstić information content (AvgIpc) is 3.39. The summed E-state index contributed by atoms with van der Waals surface area (Å²) >= 11 is 8.48. The second-order valence-electron chi connectivity index (χ2n) is 11.0. The molecule has 7 heteroatoms. The molecule has 0 unspecified atom stereocenters. The lowest BCUT2D eigenvalue weighted by molar-refractivity contribution is -0.675. The fourth-order valence-electron chi connectivity index (χ4n) is 5.10. The Morgan fingerprint density at radius 3 is 1.32 bits per heavy atom. The highest BCUT2D eigenvalue weighted by atomic mass is 128. The Morgan fingerprint density at radius 1 is 0.525 bits per heavy atom. The summed E-state index contributed by atoms with van der Waals surface area (Å²) in [5.41, 5.74) is 10.6. The van der Waals surface area contributed by atoms with E-state index in [1.54, 1.807) is 0 Å². The summed E-state index contributed by atoms with van der Waals surface area (Å²) in [4.78, 5) is 0. The number of benzene rings is 3. The van der Waals surface area contributed by atoms with Gasteiger partial charge in [0, 0.05) is 85.6 Å². The van der Waals surface area contributed by atoms with Gasteiger partial charge in [0.05, 0.1) is 11.8 Å². The third-order valence-corrected chi connectivity index (χ3v) is 7.01. The molecule has 0 saturated carbocycles. The Hall–Kier alpha value is 0.520. The molecule has 0 saturated heterocycles. The molecule has 0 bridgehead atoms. The standard InChI is InChI=1S/C33H41N2.2I2.HI/c1-22(2)28-16-12-17-29(23(3)4)32(28)34-20-27(26-14-10-9-11-15-26)21-35(34)33-30(24(5)6)18-13-19-31(33)25(7)8;2*1-2;/h9-25H,1-8H3;;;1H/q+1;;;/p-1. The molecule has 0 amide bonds. The quantitative estimate of drug-likeness (QED) is 0.129. The SMILES string of the molecule is CC(C)c1cccc(C(C)C)c1-n1cc(-c2ccccc2)c[n+]1-c1c(C(C)C)cccc1C(C)C.II.II.[I-]. The number of nitrogens with zero attached hydrogens (tertiary/aromatic N) is 2. The predicted molar refractivity (Wildman–Crippen MR) is 205 cm³/mol. The molecule has 0 atom stereocenters. The monoisotopic (exact) mass is 1100 g/mol. The highest BCUT2D eigenvalue weighted by molar-refractivity contribution is 15.0. The smallest absolute Gasteiger partial charge is 0.243 e. The molecule has 0 aliphatic carbocycles. The molecule has 1 heterocycles. The van der Waals surface area contributed by atoms with Crippen molar-refractivity contribution in [2.24, 2.45) is 0 Å². The van der Waals surface area contributed by atoms with E-state index in [4.69, 9.17) is 0 Å². The van der Waals surface area contributed by atoms with Gasteiger partial charge in [-0.2, -0.15) is 0 Å². The van der Waals surface area contributed by atoms with E-state index in [0.29, 0.717) is 23.7 Å². The molecule has 3 aromatic carbocycles. The van der Waals surface area contributed by atoms with Crippen molar-refractivity contribution in [3.05, 3.63) is 101 Å². The van der Waals surface area contributed by atoms with Gasteiger partial charge in [0.15, 0.2) is 0 Å². The molecule has 0 N–H and O–H groups in total. The predicted octanol–water partition coefficient (Wildman–Crippen LogP) is 9.46. The first-order chi connectivity index (χ1) is 18.7. The van der Waals surface area contributed by atoms with Crippen molar-refractivity contribution in [2.75, 3.05) is 0 Å². The minimum absolute atomic E-state index is 0. The van der Waals surface area contributed by atoms with Gasteiger partial charge in [-0.15, -0.1) is 4.68 Å². The number of rotatable bonds is 7. The Morgan fingerprint density at radius 2 is 0.925 bits per heavy atom. The first-order valence-corrected chi connectivity index (χ1v) is 26.0. The Kier molecular flexibility index (Phi) is 18.3. The normalized spacial score (nSPS) is 10.7. The number of hydrogen-bond acceptors (Lipinski definition) is 0. The van der Waals surface area contributed by atoms with E-state index in [1.807, 2.05) is 0 Å². The van der Waals surface area contributed by atoms with Crippen LogP contribution in [-0.4, -0.2) is 4.68 Å². The molecular weight excluding hydrogens is 1060 g/mol. The van der Waals surface area contributed by atoms with Crippen LogP contribution in [0.1, 0.15) is 101 Å². The molecule has 0 radical (unpaired) electrons. The summed E-state index contributed by atoms with van der Waals surface area (Å²) in [6, 6.07) is 24.4. The second kappa shape index (κ2) is 19.0. The van der Waals surface area contributed by atoms with Crippen molar-refractivity contribution >= 4 is 74.5 Å². The molecule has 0 aliphatic heterocycles. The highest BCUT2D eigenvalue weighted by Crippen LogP contribution is 2.34. The molecule has 4 rings (SSSR count). The van der Waals surface area contributed by atoms with Crippen LogP contribution in [0.5, 0.6) is 0 Å². The largest absolute Gasteiger partial charge is 1.00 e. The van der Waals surface area contributed by atoms with Crippen LogP contribution >= 0.6 is 74.5 Å². The van der Waals surface area contributed by atoms with Gasteiger partial charge in [0.2, 0.25) is 11.9 Å². The summed E-state index contributed by atoms with van der Waals surface area (Å²) in [6.07, 6.45) is 4.67. The summed E-state index contributed by atoms with van der Waals surface area (Å²) in [7, 11) is 0. The second-order valence-corrected chi connectivity index (χ2v) is 11.0. The van der Waals surface area contributed by atoms with Crippen LogP contribution in [-0.2, 0) is 0 Å². The van der Waals surface area contributed by atoms with Crippen molar-refractivity contribution < 1.29 is 28.7 Å². The fourth-order valence-corrected chi connectivity index (χ4v) is 5.10. The van der Waals surface area contributed by atoms with E-state index in [2.05, 4.69) is 218 Å². The molecule has 40 heavy (non-hydrogen) atoms. The maximum absolute atomic E-state index is 2.43. The zero-order valence-corrected chi connectivity index (χ0v) is 35.4. The van der Waals surface area contributed by atoms with E-state index >= 15 is 0 Å². The van der Waals surface area contributed by atoms with Gasteiger partial charge in [-0.3, -0.25) is 0 Å². The number of aromatic nitrogens is 2. The lowest BCUT2D eigenvalue weighted by atomic mass is 9.92. The number of para-hydroxylation sites is 2. The van der Waals surface area contributed by atoms with Crippen LogP contribution < -0.4 is 28.7 Å². The van der Waals surface area contributed by atoms with Gasteiger partial charge >= 0.3 is 0 Å². The molecule has 218 valence electrons. The Balaban J connectivity index is 0.00000153. The first-order valence-electron chi connectivity index (χ1n) is 13.4. The molecule has 4 aromatic rings. The van der Waals surface area contributed by atoms with Crippen molar-refractivity contribution in [2.45, 2.75) is 79.1 Å². The first kappa shape index (κ1) is 38.5. The lowest BCUT2D eigenvalue weighted by Gasteiger charge is -2.20. The maximum Gasteiger partial charge on any atom is 0.243 e. The van der Waals surface area contributed by atoms with E-state index in [9.17, 15) is 0 Å². The van der Waals surface area contributed by atoms with Crippen molar-refractivity contribution in [1.82, 2.24) is 4.68 Å². The summed E-state index contributed by atoms with van der Waals surface area (Å²) in [6.45, 7) is 18.4. The van der Waals surface area contributed by atoms with Crippen LogP contribution in [0, 0.1) is 0 Å². The van der Waals surface area contributed by atoms with Crippen LogP contribution in [0.4, 0.5) is 0 Å². The molecule has 1 aromatic heterocycles. The van der Waals surface area contributed by atoms with E-state index in [-0.39, 0.29) is 24.0 Å². The van der Waals surface area contributed by atoms with Gasteiger partial charge in [0.25, 0.3) is 0 Å². The third kappa shape index (κ3) is 9.26. The fraction of sp³-hybridized carbons (Fsp3) is 0.364. The minimum Gasteiger partial charge on any atom is -1.00 e. The molecule has 0 spiro atoms. The van der Waals surface area contributed by atoms with E-state index in [1.165, 1.54) is 44.8 Å². The highest BCUT2D eigenvalue weighted by Gasteiger charge is 2.30.